The maximum absolute atomic E-state index is 12.8. The maximum Gasteiger partial charge on any atom is 0.325 e. The van der Waals surface area contributed by atoms with Gasteiger partial charge in [-0.15, -0.1) is 0 Å². The summed E-state index contributed by atoms with van der Waals surface area (Å²) in [7, 11) is 0. The van der Waals surface area contributed by atoms with Crippen LogP contribution in [-0.2, 0) is 10.3 Å². The molecule has 7 heteroatoms. The van der Waals surface area contributed by atoms with Gasteiger partial charge in [-0.25, -0.2) is 4.79 Å². The molecule has 0 bridgehead atoms. The minimum Gasteiger partial charge on any atom is -0.492 e. The number of nitrogens with one attached hydrogen (secondary N) is 1. The van der Waals surface area contributed by atoms with E-state index in [0.717, 1.165) is 4.90 Å². The van der Waals surface area contributed by atoms with E-state index in [9.17, 15) is 9.59 Å². The zero-order valence-electron chi connectivity index (χ0n) is 14.3. The van der Waals surface area contributed by atoms with E-state index in [1.807, 2.05) is 0 Å². The van der Waals surface area contributed by atoms with Crippen LogP contribution in [0.3, 0.4) is 0 Å². The molecule has 3 rings (SSSR count). The molecule has 1 aliphatic rings. The Morgan fingerprint density at radius 2 is 1.92 bits per heavy atom. The van der Waals surface area contributed by atoms with Crippen LogP contribution < -0.4 is 10.1 Å². The van der Waals surface area contributed by atoms with Gasteiger partial charge in [0, 0.05) is 10.6 Å². The van der Waals surface area contributed by atoms with Crippen LogP contribution in [0.5, 0.6) is 5.75 Å². The molecular weight excluding hydrogens is 344 g/mol. The van der Waals surface area contributed by atoms with Gasteiger partial charge in [-0.1, -0.05) is 11.6 Å². The van der Waals surface area contributed by atoms with Crippen molar-refractivity contribution >= 4 is 23.5 Å². The van der Waals surface area contributed by atoms with Crippen molar-refractivity contribution in [3.05, 3.63) is 52.4 Å². The highest BCUT2D eigenvalue weighted by Gasteiger charge is 2.50. The normalized spacial score (nSPS) is 20.1. The summed E-state index contributed by atoms with van der Waals surface area (Å²) in [5.74, 6) is 1.62. The molecule has 132 valence electrons. The second kappa shape index (κ2) is 6.44. The Balaban J connectivity index is 1.69. The van der Waals surface area contributed by atoms with Gasteiger partial charge in [-0.3, -0.25) is 9.69 Å². The first-order valence-electron chi connectivity index (χ1n) is 7.91. The molecule has 1 saturated heterocycles. The molecule has 1 fully saturated rings. The van der Waals surface area contributed by atoms with Gasteiger partial charge in [0.1, 0.15) is 29.4 Å². The van der Waals surface area contributed by atoms with E-state index >= 15 is 0 Å². The molecule has 2 heterocycles. The van der Waals surface area contributed by atoms with Crippen molar-refractivity contribution in [2.45, 2.75) is 26.3 Å². The molecule has 1 N–H and O–H groups in total. The van der Waals surface area contributed by atoms with Gasteiger partial charge in [-0.2, -0.15) is 0 Å². The number of benzene rings is 1. The van der Waals surface area contributed by atoms with Gasteiger partial charge < -0.3 is 14.5 Å². The van der Waals surface area contributed by atoms with Gasteiger partial charge >= 0.3 is 6.03 Å². The van der Waals surface area contributed by atoms with Crippen LogP contribution in [0.15, 0.2) is 34.7 Å². The van der Waals surface area contributed by atoms with E-state index in [0.29, 0.717) is 27.9 Å². The fraction of sp³-hybridized carbons (Fsp3) is 0.333. The number of rotatable bonds is 5. The topological polar surface area (TPSA) is 71.8 Å². The Hall–Kier alpha value is -2.47. The smallest absolute Gasteiger partial charge is 0.325 e. The third-order valence-electron chi connectivity index (χ3n) is 4.25. The van der Waals surface area contributed by atoms with Crippen LogP contribution in [0, 0.1) is 13.8 Å². The van der Waals surface area contributed by atoms with Gasteiger partial charge in [-0.05, 0) is 51.1 Å². The van der Waals surface area contributed by atoms with Crippen LogP contribution >= 0.6 is 11.6 Å². The minimum atomic E-state index is -1.13. The lowest BCUT2D eigenvalue weighted by Crippen LogP contribution is -2.41. The number of furan rings is 1. The fourth-order valence-electron chi connectivity index (χ4n) is 3.00. The number of hydrogen-bond donors (Lipinski definition) is 1. The fourth-order valence-corrected chi connectivity index (χ4v) is 3.12. The number of ether oxygens (including phenoxy) is 1. The summed E-state index contributed by atoms with van der Waals surface area (Å²) in [4.78, 5) is 26.2. The Morgan fingerprint density at radius 1 is 1.24 bits per heavy atom. The summed E-state index contributed by atoms with van der Waals surface area (Å²) in [6.07, 6.45) is 0. The van der Waals surface area contributed by atoms with Crippen LogP contribution in [-0.4, -0.2) is 30.0 Å². The van der Waals surface area contributed by atoms with E-state index < -0.39 is 11.6 Å². The van der Waals surface area contributed by atoms with E-state index in [1.165, 1.54) is 0 Å². The molecular formula is C18H19ClN2O4. The number of hydrogen-bond acceptors (Lipinski definition) is 4. The lowest BCUT2D eigenvalue weighted by atomic mass is 9.92. The lowest BCUT2D eigenvalue weighted by Gasteiger charge is -2.21. The van der Waals surface area contributed by atoms with Crippen molar-refractivity contribution in [2.24, 2.45) is 0 Å². The first-order valence-corrected chi connectivity index (χ1v) is 8.29. The Morgan fingerprint density at radius 3 is 2.52 bits per heavy atom. The Bertz CT molecular complexity index is 815. The summed E-state index contributed by atoms with van der Waals surface area (Å²) in [5, 5.41) is 3.38. The first-order chi connectivity index (χ1) is 11.8. The molecule has 1 unspecified atom stereocenters. The van der Waals surface area contributed by atoms with Crippen LogP contribution in [0.25, 0.3) is 0 Å². The van der Waals surface area contributed by atoms with Crippen molar-refractivity contribution in [1.29, 1.82) is 0 Å². The molecule has 1 atom stereocenters. The number of nitrogens with zero attached hydrogens (tertiary/aromatic N) is 1. The number of urea groups is 1. The molecule has 1 aliphatic heterocycles. The molecule has 2 aromatic rings. The van der Waals surface area contributed by atoms with Gasteiger partial charge in [0.2, 0.25) is 0 Å². The highest BCUT2D eigenvalue weighted by Crippen LogP contribution is 2.32. The third-order valence-corrected chi connectivity index (χ3v) is 4.50. The number of halogens is 1. The minimum absolute atomic E-state index is 0.152. The second-order valence-corrected chi connectivity index (χ2v) is 6.58. The molecule has 6 nitrogen and oxygen atoms in total. The molecule has 0 spiro atoms. The number of amides is 3. The molecule has 25 heavy (non-hydrogen) atoms. The first kappa shape index (κ1) is 17.4. The van der Waals surface area contributed by atoms with Crippen molar-refractivity contribution in [3.8, 4) is 5.75 Å². The quantitative estimate of drug-likeness (QED) is 0.827. The van der Waals surface area contributed by atoms with Crippen LogP contribution in [0.1, 0.15) is 24.0 Å². The second-order valence-electron chi connectivity index (χ2n) is 6.14. The number of carbonyl (C=O) groups excluding carboxylic acids is 2. The van der Waals surface area contributed by atoms with E-state index in [-0.39, 0.29) is 19.1 Å². The van der Waals surface area contributed by atoms with Crippen molar-refractivity contribution < 1.29 is 18.7 Å². The average Bonchev–Trinajstić information content (AvgIpc) is 3.01. The Kier molecular flexibility index (Phi) is 4.47. The number of carbonyl (C=O) groups is 2. The molecule has 1 aromatic heterocycles. The highest BCUT2D eigenvalue weighted by molar-refractivity contribution is 6.30. The number of aryl methyl sites for hydroxylation is 2. The molecule has 1 aromatic carbocycles. The van der Waals surface area contributed by atoms with Crippen LogP contribution in [0.4, 0.5) is 4.79 Å². The van der Waals surface area contributed by atoms with Gasteiger partial charge in [0.25, 0.3) is 5.91 Å². The average molecular weight is 363 g/mol. The largest absolute Gasteiger partial charge is 0.492 e. The lowest BCUT2D eigenvalue weighted by molar-refractivity contribution is -0.131. The summed E-state index contributed by atoms with van der Waals surface area (Å²) in [5.41, 5.74) is -0.455. The molecule has 0 saturated carbocycles. The third kappa shape index (κ3) is 3.22. The summed E-state index contributed by atoms with van der Waals surface area (Å²) < 4.78 is 11.1. The zero-order chi connectivity index (χ0) is 18.2. The van der Waals surface area contributed by atoms with Crippen molar-refractivity contribution in [2.75, 3.05) is 13.2 Å². The standard InChI is InChI=1S/C18H19ClN2O4/c1-11-10-15(12(2)25-11)18(3)16(22)21(17(23)20-18)8-9-24-14-6-4-13(19)5-7-14/h4-7,10H,8-9H2,1-3H3,(H,20,23). The van der Waals surface area contributed by atoms with Crippen molar-refractivity contribution in [3.63, 3.8) is 0 Å². The summed E-state index contributed by atoms with van der Waals surface area (Å²) in [6.45, 7) is 5.61. The van der Waals surface area contributed by atoms with Crippen molar-refractivity contribution in [1.82, 2.24) is 10.2 Å². The van der Waals surface area contributed by atoms with Gasteiger partial charge in [0.05, 0.1) is 6.54 Å². The summed E-state index contributed by atoms with van der Waals surface area (Å²) >= 11 is 5.82. The molecule has 0 radical (unpaired) electrons. The van der Waals surface area contributed by atoms with E-state index in [4.69, 9.17) is 20.8 Å². The molecule has 0 aliphatic carbocycles. The maximum atomic E-state index is 12.8. The zero-order valence-corrected chi connectivity index (χ0v) is 15.0. The monoisotopic (exact) mass is 362 g/mol. The van der Waals surface area contributed by atoms with Crippen LogP contribution in [0.2, 0.25) is 5.02 Å². The number of imide groups is 1. The Labute approximate surface area is 150 Å². The SMILES string of the molecule is Cc1cc(C2(C)NC(=O)N(CCOc3ccc(Cl)cc3)C2=O)c(C)o1. The highest BCUT2D eigenvalue weighted by atomic mass is 35.5. The summed E-state index contributed by atoms with van der Waals surface area (Å²) in [6, 6.07) is 8.23. The molecule has 3 amide bonds. The predicted octanol–water partition coefficient (Wildman–Crippen LogP) is 3.40. The van der Waals surface area contributed by atoms with Gasteiger partial charge in [0.15, 0.2) is 0 Å². The predicted molar refractivity (Wildman–Crippen MR) is 92.7 cm³/mol. The van der Waals surface area contributed by atoms with E-state index in [1.54, 1.807) is 51.1 Å². The van der Waals surface area contributed by atoms with E-state index in [2.05, 4.69) is 5.32 Å².